The lowest BCUT2D eigenvalue weighted by molar-refractivity contribution is 0.0687. The molecule has 1 N–H and O–H groups in total. The van der Waals surface area contributed by atoms with E-state index < -0.39 is 5.97 Å². The van der Waals surface area contributed by atoms with Gasteiger partial charge in [-0.25, -0.2) is 9.48 Å². The molecule has 17 heavy (non-hydrogen) atoms. The van der Waals surface area contributed by atoms with Gasteiger partial charge in [-0.3, -0.25) is 0 Å². The Morgan fingerprint density at radius 1 is 1.47 bits per heavy atom. The van der Waals surface area contributed by atoms with Crippen molar-refractivity contribution in [1.82, 2.24) is 9.78 Å². The molecule has 0 spiro atoms. The van der Waals surface area contributed by atoms with E-state index in [0.29, 0.717) is 0 Å². The molecule has 0 bridgehead atoms. The van der Waals surface area contributed by atoms with E-state index in [9.17, 15) is 9.90 Å². The van der Waals surface area contributed by atoms with E-state index in [2.05, 4.69) is 5.10 Å². The zero-order valence-corrected chi connectivity index (χ0v) is 10.8. The summed E-state index contributed by atoms with van der Waals surface area (Å²) in [7, 11) is 0. The molecule has 0 amide bonds. The fourth-order valence-corrected chi connectivity index (χ4v) is 2.09. The number of thiophene rings is 1. The smallest absolute Gasteiger partial charge is 0.354 e. The van der Waals surface area contributed by atoms with E-state index in [1.54, 1.807) is 6.07 Å². The molecule has 2 aromatic rings. The zero-order valence-electron chi connectivity index (χ0n) is 9.97. The highest BCUT2D eigenvalue weighted by molar-refractivity contribution is 7.08. The average Bonchev–Trinajstić information content (AvgIpc) is 2.85. The van der Waals surface area contributed by atoms with Crippen LogP contribution in [0.25, 0.3) is 5.69 Å². The summed E-state index contributed by atoms with van der Waals surface area (Å²) in [5, 5.41) is 17.4. The molecule has 0 aliphatic rings. The molecule has 0 aliphatic heterocycles. The minimum atomic E-state index is -0.959. The van der Waals surface area contributed by atoms with Gasteiger partial charge < -0.3 is 5.11 Å². The number of nitrogens with zero attached hydrogens (tertiary/aromatic N) is 2. The quantitative estimate of drug-likeness (QED) is 0.891. The maximum atomic E-state index is 11.2. The summed E-state index contributed by atoms with van der Waals surface area (Å²) in [6.45, 7) is 6.04. The highest BCUT2D eigenvalue weighted by atomic mass is 32.1. The van der Waals surface area contributed by atoms with Crippen molar-refractivity contribution in [3.05, 3.63) is 34.3 Å². The van der Waals surface area contributed by atoms with Crippen LogP contribution in [0.4, 0.5) is 0 Å². The molecule has 0 aliphatic carbocycles. The Bertz CT molecular complexity index is 535. The van der Waals surface area contributed by atoms with Gasteiger partial charge in [0.1, 0.15) is 0 Å². The van der Waals surface area contributed by atoms with Crippen LogP contribution in [0.15, 0.2) is 22.9 Å². The van der Waals surface area contributed by atoms with E-state index in [1.807, 2.05) is 37.6 Å². The summed E-state index contributed by atoms with van der Waals surface area (Å²) in [6.07, 6.45) is 0. The van der Waals surface area contributed by atoms with Crippen LogP contribution < -0.4 is 0 Å². The third kappa shape index (κ3) is 2.24. The van der Waals surface area contributed by atoms with Crippen molar-refractivity contribution >= 4 is 17.3 Å². The first kappa shape index (κ1) is 11.9. The van der Waals surface area contributed by atoms with Crippen LogP contribution in [0.5, 0.6) is 0 Å². The second kappa shape index (κ2) is 4.00. The maximum Gasteiger partial charge on any atom is 0.354 e. The molecule has 2 aromatic heterocycles. The van der Waals surface area contributed by atoms with Crippen molar-refractivity contribution in [1.29, 1.82) is 0 Å². The van der Waals surface area contributed by atoms with Crippen LogP contribution >= 0.6 is 11.3 Å². The Morgan fingerprint density at radius 3 is 2.65 bits per heavy atom. The fraction of sp³-hybridized carbons (Fsp3) is 0.333. The van der Waals surface area contributed by atoms with E-state index in [1.165, 1.54) is 16.0 Å². The van der Waals surface area contributed by atoms with Crippen molar-refractivity contribution in [2.24, 2.45) is 0 Å². The van der Waals surface area contributed by atoms with Gasteiger partial charge in [-0.1, -0.05) is 20.8 Å². The van der Waals surface area contributed by atoms with Gasteiger partial charge in [0.25, 0.3) is 0 Å². The number of carboxylic acids is 1. The van der Waals surface area contributed by atoms with E-state index in [-0.39, 0.29) is 11.1 Å². The number of hydrogen-bond acceptors (Lipinski definition) is 3. The Hall–Kier alpha value is -1.62. The third-order valence-corrected chi connectivity index (χ3v) is 3.12. The monoisotopic (exact) mass is 250 g/mol. The van der Waals surface area contributed by atoms with Crippen LogP contribution in [0, 0.1) is 0 Å². The van der Waals surface area contributed by atoms with Crippen LogP contribution in [0.2, 0.25) is 0 Å². The molecule has 0 saturated carbocycles. The van der Waals surface area contributed by atoms with E-state index >= 15 is 0 Å². The first-order chi connectivity index (χ1) is 7.89. The Kier molecular flexibility index (Phi) is 2.79. The third-order valence-electron chi connectivity index (χ3n) is 2.45. The van der Waals surface area contributed by atoms with Crippen LogP contribution in [-0.4, -0.2) is 20.9 Å². The summed E-state index contributed by atoms with van der Waals surface area (Å²) in [5.74, 6) is -0.959. The second-order valence-electron chi connectivity index (χ2n) is 4.86. The van der Waals surface area contributed by atoms with Crippen molar-refractivity contribution in [3.63, 3.8) is 0 Å². The molecule has 90 valence electrons. The SMILES string of the molecule is CC(C)(C)c1cc(C(=O)O)n(-c2ccsc2)n1. The lowest BCUT2D eigenvalue weighted by Gasteiger charge is -2.13. The zero-order chi connectivity index (χ0) is 12.6. The van der Waals surface area contributed by atoms with Crippen LogP contribution in [0.3, 0.4) is 0 Å². The average molecular weight is 250 g/mol. The predicted molar refractivity (Wildman–Crippen MR) is 67.1 cm³/mol. The first-order valence-electron chi connectivity index (χ1n) is 5.26. The first-order valence-corrected chi connectivity index (χ1v) is 6.20. The summed E-state index contributed by atoms with van der Waals surface area (Å²) < 4.78 is 1.49. The fourth-order valence-electron chi connectivity index (χ4n) is 1.47. The molecule has 0 radical (unpaired) electrons. The largest absolute Gasteiger partial charge is 0.477 e. The van der Waals surface area contributed by atoms with Crippen LogP contribution in [0.1, 0.15) is 37.0 Å². The molecular weight excluding hydrogens is 236 g/mol. The highest BCUT2D eigenvalue weighted by Gasteiger charge is 2.23. The summed E-state index contributed by atoms with van der Waals surface area (Å²) in [4.78, 5) is 11.2. The van der Waals surface area contributed by atoms with Crippen molar-refractivity contribution in [3.8, 4) is 5.69 Å². The van der Waals surface area contributed by atoms with Gasteiger partial charge in [-0.2, -0.15) is 16.4 Å². The molecule has 0 unspecified atom stereocenters. The van der Waals surface area contributed by atoms with Gasteiger partial charge in [0, 0.05) is 10.8 Å². The minimum absolute atomic E-state index is 0.161. The number of carbonyl (C=O) groups is 1. The molecular formula is C12H14N2O2S. The molecule has 0 fully saturated rings. The Balaban J connectivity index is 2.58. The van der Waals surface area contributed by atoms with Gasteiger partial charge in [0.15, 0.2) is 5.69 Å². The normalized spacial score (nSPS) is 11.7. The van der Waals surface area contributed by atoms with Gasteiger partial charge in [0.2, 0.25) is 0 Å². The van der Waals surface area contributed by atoms with E-state index in [0.717, 1.165) is 11.4 Å². The molecule has 5 heteroatoms. The molecule has 0 aromatic carbocycles. The van der Waals surface area contributed by atoms with Crippen LogP contribution in [-0.2, 0) is 5.41 Å². The number of carboxylic acid groups (broad SMARTS) is 1. The maximum absolute atomic E-state index is 11.2. The topological polar surface area (TPSA) is 55.1 Å². The molecule has 0 atom stereocenters. The summed E-state index contributed by atoms with van der Waals surface area (Å²) >= 11 is 1.52. The van der Waals surface area contributed by atoms with Gasteiger partial charge in [-0.15, -0.1) is 0 Å². The molecule has 0 saturated heterocycles. The standard InChI is InChI=1S/C12H14N2O2S/c1-12(2,3)10-6-9(11(15)16)14(13-10)8-4-5-17-7-8/h4-7H,1-3H3,(H,15,16). The number of aromatic nitrogens is 2. The minimum Gasteiger partial charge on any atom is -0.477 e. The van der Waals surface area contributed by atoms with Crippen molar-refractivity contribution in [2.45, 2.75) is 26.2 Å². The summed E-state index contributed by atoms with van der Waals surface area (Å²) in [6, 6.07) is 3.50. The molecule has 2 heterocycles. The van der Waals surface area contributed by atoms with Crippen molar-refractivity contribution in [2.75, 3.05) is 0 Å². The predicted octanol–water partition coefficient (Wildman–Crippen LogP) is 2.93. The Morgan fingerprint density at radius 2 is 2.18 bits per heavy atom. The number of hydrogen-bond donors (Lipinski definition) is 1. The van der Waals surface area contributed by atoms with Crippen molar-refractivity contribution < 1.29 is 9.90 Å². The highest BCUT2D eigenvalue weighted by Crippen LogP contribution is 2.24. The van der Waals surface area contributed by atoms with Gasteiger partial charge in [0.05, 0.1) is 11.4 Å². The van der Waals surface area contributed by atoms with Gasteiger partial charge >= 0.3 is 5.97 Å². The molecule has 4 nitrogen and oxygen atoms in total. The molecule has 2 rings (SSSR count). The number of aromatic carboxylic acids is 1. The van der Waals surface area contributed by atoms with E-state index in [4.69, 9.17) is 0 Å². The summed E-state index contributed by atoms with van der Waals surface area (Å²) in [5.41, 5.74) is 1.61. The lowest BCUT2D eigenvalue weighted by atomic mass is 9.92. The Labute approximate surface area is 104 Å². The number of rotatable bonds is 2. The lowest BCUT2D eigenvalue weighted by Crippen LogP contribution is -2.12. The second-order valence-corrected chi connectivity index (χ2v) is 5.64. The van der Waals surface area contributed by atoms with Gasteiger partial charge in [-0.05, 0) is 17.5 Å².